The molecule has 0 radical (unpaired) electrons. The van der Waals surface area contributed by atoms with Crippen molar-refractivity contribution in [3.05, 3.63) is 12.7 Å². The van der Waals surface area contributed by atoms with Gasteiger partial charge in [0.2, 0.25) is 0 Å². The molecule has 2 N–H and O–H groups in total. The highest BCUT2D eigenvalue weighted by atomic mass is 16.6. The maximum atomic E-state index is 12.1. The molecule has 3 aliphatic carbocycles. The third-order valence-electron chi connectivity index (χ3n) is 10.9. The summed E-state index contributed by atoms with van der Waals surface area (Å²) < 4.78 is 26.8. The van der Waals surface area contributed by atoms with Crippen LogP contribution in [0.15, 0.2) is 12.7 Å². The van der Waals surface area contributed by atoms with Crippen molar-refractivity contribution in [3.63, 3.8) is 0 Å². The molecule has 2 amide bonds. The minimum atomic E-state index is -0.342. The van der Waals surface area contributed by atoms with Gasteiger partial charge in [0.25, 0.3) is 0 Å². The van der Waals surface area contributed by atoms with Gasteiger partial charge in [0, 0.05) is 38.8 Å². The summed E-state index contributed by atoms with van der Waals surface area (Å²) in [6.45, 7) is 9.00. The van der Waals surface area contributed by atoms with Crippen LogP contribution in [0.5, 0.6) is 0 Å². The van der Waals surface area contributed by atoms with E-state index in [2.05, 4.69) is 36.0 Å². The number of alkyl carbamates (subject to hydrolysis) is 2. The average molecular weight is 745 g/mol. The fourth-order valence-corrected chi connectivity index (χ4v) is 7.66. The molecule has 6 atom stereocenters. The molecule has 0 heterocycles. The topological polar surface area (TPSA) is 138 Å². The summed E-state index contributed by atoms with van der Waals surface area (Å²) in [6.07, 6.45) is 18.7. The number of ether oxygens (including phenoxy) is 5. The largest absolute Gasteiger partial charge is 0.463 e. The van der Waals surface area contributed by atoms with Crippen LogP contribution in [0, 0.1) is 47.3 Å². The number of hydrogen-bond donors (Lipinski definition) is 2. The Hall–Kier alpha value is -3.26. The molecule has 2 fully saturated rings. The molecule has 0 aromatic rings. The standard InChI is InChI=1S/C42H68N2O9/c1-3-5-19-33-34(20-6-4-2)37(33)31-52-41(47)43-25-17-11-9-15-23-39(45)50-29-27-49-28-30-51-40(46)24-16-10-12-18-26-44-42(48)53-32-38-35-21-13-7-8-14-22-36(35)38/h3,33-38H,1,4-6,9-32H2,2H3,(H,43,47)(H,44,48)/t33-,34+,35-,36+,37-,38?/m1/s1. The molecule has 0 aliphatic heterocycles. The lowest BCUT2D eigenvalue weighted by molar-refractivity contribution is -0.146. The SMILES string of the molecule is C=CCC[C@@H]1[C@H](CCCC)[C@@H]1COC(=O)NCCCCCCC(=O)OCCOCCOC(=O)CCCCCCNC(=O)OCC1[C@H]2CCC#CCC[C@@H]12. The van der Waals surface area contributed by atoms with E-state index < -0.39 is 0 Å². The molecule has 300 valence electrons. The summed E-state index contributed by atoms with van der Waals surface area (Å²) in [7, 11) is 0. The molecular weight excluding hydrogens is 676 g/mol. The second-order valence-electron chi connectivity index (χ2n) is 14.9. The number of carbonyl (C=O) groups excluding carboxylic acids is 4. The molecule has 53 heavy (non-hydrogen) atoms. The summed E-state index contributed by atoms with van der Waals surface area (Å²) >= 11 is 0. The Morgan fingerprint density at radius 3 is 1.66 bits per heavy atom. The first-order valence-electron chi connectivity index (χ1n) is 20.7. The van der Waals surface area contributed by atoms with Gasteiger partial charge in [-0.15, -0.1) is 18.4 Å². The Balaban J connectivity index is 1.01. The van der Waals surface area contributed by atoms with Crippen molar-refractivity contribution in [1.82, 2.24) is 10.6 Å². The van der Waals surface area contributed by atoms with Crippen LogP contribution in [0.1, 0.15) is 129 Å². The monoisotopic (exact) mass is 744 g/mol. The van der Waals surface area contributed by atoms with Crippen LogP contribution in [0.25, 0.3) is 0 Å². The quantitative estimate of drug-likeness (QED) is 0.0247. The Kier molecular flexibility index (Phi) is 22.8. The molecule has 3 rings (SSSR count). The minimum Gasteiger partial charge on any atom is -0.463 e. The van der Waals surface area contributed by atoms with Gasteiger partial charge in [-0.3, -0.25) is 9.59 Å². The molecule has 11 heteroatoms. The van der Waals surface area contributed by atoms with Crippen molar-refractivity contribution in [2.24, 2.45) is 35.5 Å². The molecule has 0 aromatic carbocycles. The van der Waals surface area contributed by atoms with Crippen molar-refractivity contribution in [3.8, 4) is 11.8 Å². The predicted octanol–water partition coefficient (Wildman–Crippen LogP) is 7.90. The number of amides is 2. The van der Waals surface area contributed by atoms with E-state index >= 15 is 0 Å². The summed E-state index contributed by atoms with van der Waals surface area (Å²) in [6, 6.07) is 0. The third kappa shape index (κ3) is 19.6. The fourth-order valence-electron chi connectivity index (χ4n) is 7.66. The van der Waals surface area contributed by atoms with Gasteiger partial charge in [-0.25, -0.2) is 9.59 Å². The van der Waals surface area contributed by atoms with E-state index in [4.69, 9.17) is 23.7 Å². The zero-order valence-corrected chi connectivity index (χ0v) is 32.5. The fraction of sp³-hybridized carbons (Fsp3) is 0.810. The Morgan fingerprint density at radius 1 is 0.623 bits per heavy atom. The predicted molar refractivity (Wildman–Crippen MR) is 204 cm³/mol. The smallest absolute Gasteiger partial charge is 0.407 e. The van der Waals surface area contributed by atoms with Crippen LogP contribution >= 0.6 is 0 Å². The van der Waals surface area contributed by atoms with E-state index in [1.54, 1.807) is 0 Å². The molecule has 11 nitrogen and oxygen atoms in total. The second-order valence-corrected chi connectivity index (χ2v) is 14.9. The van der Waals surface area contributed by atoms with Crippen molar-refractivity contribution in [2.75, 3.05) is 52.7 Å². The van der Waals surface area contributed by atoms with E-state index in [0.29, 0.717) is 74.7 Å². The molecular formula is C42H68N2O9. The van der Waals surface area contributed by atoms with Crippen molar-refractivity contribution in [2.45, 2.75) is 129 Å². The summed E-state index contributed by atoms with van der Waals surface area (Å²) in [5, 5.41) is 5.67. The molecule has 1 unspecified atom stereocenters. The Bertz CT molecular complexity index is 1130. The van der Waals surface area contributed by atoms with Crippen LogP contribution in [-0.4, -0.2) is 76.9 Å². The van der Waals surface area contributed by atoms with Gasteiger partial charge in [-0.2, -0.15) is 0 Å². The highest BCUT2D eigenvalue weighted by molar-refractivity contribution is 5.69. The van der Waals surface area contributed by atoms with Gasteiger partial charge in [0.1, 0.15) is 13.2 Å². The minimum absolute atomic E-state index is 0.165. The second kappa shape index (κ2) is 27.3. The molecule has 3 aliphatic rings. The first-order chi connectivity index (χ1) is 25.9. The van der Waals surface area contributed by atoms with Gasteiger partial charge in [-0.05, 0) is 93.3 Å². The van der Waals surface area contributed by atoms with Crippen molar-refractivity contribution in [1.29, 1.82) is 0 Å². The molecule has 0 bridgehead atoms. The van der Waals surface area contributed by atoms with Crippen LogP contribution in [0.2, 0.25) is 0 Å². The summed E-state index contributed by atoms with van der Waals surface area (Å²) in [5.74, 6) is 9.55. The maximum Gasteiger partial charge on any atom is 0.407 e. The van der Waals surface area contributed by atoms with E-state index in [1.807, 2.05) is 6.08 Å². The number of unbranched alkanes of at least 4 members (excludes halogenated alkanes) is 7. The maximum absolute atomic E-state index is 12.1. The van der Waals surface area contributed by atoms with Crippen LogP contribution in [-0.2, 0) is 33.3 Å². The van der Waals surface area contributed by atoms with E-state index in [0.717, 1.165) is 89.9 Å². The first kappa shape index (κ1) is 44.1. The highest BCUT2D eigenvalue weighted by Crippen LogP contribution is 2.53. The lowest BCUT2D eigenvalue weighted by Crippen LogP contribution is -2.26. The van der Waals surface area contributed by atoms with Crippen molar-refractivity contribution < 1.29 is 42.9 Å². The molecule has 0 spiro atoms. The lowest BCUT2D eigenvalue weighted by atomic mass is 10.1. The normalized spacial score (nSPS) is 22.4. The highest BCUT2D eigenvalue weighted by Gasteiger charge is 2.49. The van der Waals surface area contributed by atoms with E-state index in [1.165, 1.54) is 19.3 Å². The average Bonchev–Trinajstić information content (AvgIpc) is 4.02. The number of hydrogen-bond acceptors (Lipinski definition) is 9. The third-order valence-corrected chi connectivity index (χ3v) is 10.9. The van der Waals surface area contributed by atoms with Gasteiger partial charge in [0.05, 0.1) is 26.4 Å². The molecule has 0 saturated heterocycles. The molecule has 0 aromatic heterocycles. The van der Waals surface area contributed by atoms with Crippen LogP contribution < -0.4 is 10.6 Å². The van der Waals surface area contributed by atoms with Gasteiger partial charge in [0.15, 0.2) is 0 Å². The number of esters is 2. The first-order valence-corrected chi connectivity index (χ1v) is 20.7. The summed E-state index contributed by atoms with van der Waals surface area (Å²) in [4.78, 5) is 48.0. The number of allylic oxidation sites excluding steroid dienone is 1. The van der Waals surface area contributed by atoms with Crippen LogP contribution in [0.4, 0.5) is 9.59 Å². The van der Waals surface area contributed by atoms with E-state index in [-0.39, 0.29) is 50.6 Å². The Morgan fingerprint density at radius 2 is 1.13 bits per heavy atom. The zero-order valence-electron chi connectivity index (χ0n) is 32.5. The number of carbonyl (C=O) groups is 4. The van der Waals surface area contributed by atoms with Crippen LogP contribution in [0.3, 0.4) is 0 Å². The lowest BCUT2D eigenvalue weighted by Gasteiger charge is -2.08. The number of fused-ring (bicyclic) bond motifs is 1. The van der Waals surface area contributed by atoms with Crippen molar-refractivity contribution >= 4 is 24.1 Å². The van der Waals surface area contributed by atoms with Gasteiger partial charge in [-0.1, -0.05) is 51.5 Å². The molecule has 2 saturated carbocycles. The van der Waals surface area contributed by atoms with Gasteiger partial charge < -0.3 is 34.3 Å². The van der Waals surface area contributed by atoms with E-state index in [9.17, 15) is 19.2 Å². The summed E-state index contributed by atoms with van der Waals surface area (Å²) in [5.41, 5.74) is 0. The van der Waals surface area contributed by atoms with Gasteiger partial charge >= 0.3 is 24.1 Å². The zero-order chi connectivity index (χ0) is 37.9. The Labute approximate surface area is 318 Å². The number of rotatable bonds is 30. The number of nitrogens with one attached hydrogen (secondary N) is 2.